The molecular formula is C27H26FN3O4. The topological polar surface area (TPSA) is 75.0 Å². The molecule has 3 atom stereocenters. The van der Waals surface area contributed by atoms with E-state index >= 15 is 4.39 Å². The van der Waals surface area contributed by atoms with Crippen LogP contribution in [0, 0.1) is 11.7 Å². The number of pyridine rings is 1. The summed E-state index contributed by atoms with van der Waals surface area (Å²) in [6, 6.07) is 14.6. The molecule has 8 heteroatoms. The number of amides is 1. The smallest absolute Gasteiger partial charge is 0.278 e. The van der Waals surface area contributed by atoms with Gasteiger partial charge in [-0.1, -0.05) is 36.4 Å². The maximum Gasteiger partial charge on any atom is 0.278 e. The van der Waals surface area contributed by atoms with Gasteiger partial charge in [-0.05, 0) is 48.1 Å². The first-order valence-electron chi connectivity index (χ1n) is 11.8. The van der Waals surface area contributed by atoms with E-state index in [2.05, 4.69) is 17.1 Å². The van der Waals surface area contributed by atoms with Crippen LogP contribution in [0.1, 0.15) is 39.7 Å². The van der Waals surface area contributed by atoms with Crippen molar-refractivity contribution in [3.05, 3.63) is 98.7 Å². The molecule has 2 aromatic carbocycles. The number of aromatic hydroxyl groups is 1. The minimum absolute atomic E-state index is 0.00106. The third-order valence-electron chi connectivity index (χ3n) is 7.92. The van der Waals surface area contributed by atoms with Crippen LogP contribution in [0.3, 0.4) is 0 Å². The summed E-state index contributed by atoms with van der Waals surface area (Å²) in [5.41, 5.74) is 2.24. The van der Waals surface area contributed by atoms with E-state index < -0.39 is 28.8 Å². The Balaban J connectivity index is 1.69. The van der Waals surface area contributed by atoms with Crippen molar-refractivity contribution in [1.29, 1.82) is 0 Å². The number of benzene rings is 2. The van der Waals surface area contributed by atoms with Crippen molar-refractivity contribution in [3.63, 3.8) is 0 Å². The number of ether oxygens (including phenoxy) is 1. The summed E-state index contributed by atoms with van der Waals surface area (Å²) in [4.78, 5) is 27.6. The van der Waals surface area contributed by atoms with Gasteiger partial charge in [0, 0.05) is 31.8 Å². The molecule has 1 amide bonds. The van der Waals surface area contributed by atoms with Crippen molar-refractivity contribution in [3.8, 4) is 5.75 Å². The monoisotopic (exact) mass is 475 g/mol. The molecule has 1 aliphatic heterocycles. The molecule has 3 aromatic rings. The van der Waals surface area contributed by atoms with Gasteiger partial charge in [0.05, 0.1) is 6.61 Å². The van der Waals surface area contributed by atoms with E-state index in [9.17, 15) is 14.7 Å². The van der Waals surface area contributed by atoms with Crippen LogP contribution in [0.4, 0.5) is 4.39 Å². The van der Waals surface area contributed by atoms with Crippen molar-refractivity contribution < 1.29 is 19.0 Å². The summed E-state index contributed by atoms with van der Waals surface area (Å²) >= 11 is 0. The molecule has 0 saturated carbocycles. The molecule has 2 aliphatic carbocycles. The fourth-order valence-corrected chi connectivity index (χ4v) is 6.55. The van der Waals surface area contributed by atoms with Crippen molar-refractivity contribution in [2.75, 3.05) is 25.3 Å². The van der Waals surface area contributed by atoms with Crippen LogP contribution >= 0.6 is 0 Å². The van der Waals surface area contributed by atoms with E-state index in [-0.39, 0.29) is 24.0 Å². The molecule has 1 aromatic heterocycles. The third-order valence-corrected chi connectivity index (χ3v) is 7.92. The Morgan fingerprint density at radius 3 is 2.66 bits per heavy atom. The first kappa shape index (κ1) is 21.9. The quantitative estimate of drug-likeness (QED) is 0.628. The number of carbonyl (C=O) groups is 1. The molecular weight excluding hydrogens is 449 g/mol. The van der Waals surface area contributed by atoms with Gasteiger partial charge in [0.25, 0.3) is 5.91 Å². The van der Waals surface area contributed by atoms with Crippen LogP contribution in [0.15, 0.2) is 59.5 Å². The summed E-state index contributed by atoms with van der Waals surface area (Å²) < 4.78 is 22.0. The number of hydrogen-bond donors (Lipinski definition) is 1. The van der Waals surface area contributed by atoms with Crippen molar-refractivity contribution in [1.82, 2.24) is 9.58 Å². The van der Waals surface area contributed by atoms with Crippen molar-refractivity contribution in [2.24, 2.45) is 5.92 Å². The summed E-state index contributed by atoms with van der Waals surface area (Å²) in [6.07, 6.45) is 2.37. The molecule has 3 aliphatic rings. The van der Waals surface area contributed by atoms with Gasteiger partial charge < -0.3 is 14.7 Å². The van der Waals surface area contributed by atoms with E-state index in [1.165, 1.54) is 17.7 Å². The number of aromatic nitrogens is 1. The minimum Gasteiger partial charge on any atom is -0.502 e. The Bertz CT molecular complexity index is 1420. The summed E-state index contributed by atoms with van der Waals surface area (Å²) in [6.45, 7) is 2.49. The molecule has 0 bridgehead atoms. The molecule has 0 radical (unpaired) electrons. The molecule has 0 saturated heterocycles. The van der Waals surface area contributed by atoms with Gasteiger partial charge in [-0.2, -0.15) is 0 Å². The number of carbonyl (C=O) groups excluding carboxylic acids is 1. The summed E-state index contributed by atoms with van der Waals surface area (Å²) in [5.74, 6) is -1.28. The zero-order chi connectivity index (χ0) is 24.5. The zero-order valence-electron chi connectivity index (χ0n) is 19.6. The predicted molar refractivity (Wildman–Crippen MR) is 127 cm³/mol. The highest BCUT2D eigenvalue weighted by Gasteiger charge is 2.60. The first-order valence-corrected chi connectivity index (χ1v) is 11.8. The maximum absolute atomic E-state index is 15.1. The van der Waals surface area contributed by atoms with E-state index in [0.717, 1.165) is 17.5 Å². The average Bonchev–Trinajstić information content (AvgIpc) is 3.34. The fraction of sp³-hybridized carbons (Fsp3) is 0.333. The predicted octanol–water partition coefficient (Wildman–Crippen LogP) is 2.75. The zero-order valence-corrected chi connectivity index (χ0v) is 19.6. The Hall–Kier alpha value is -3.65. The van der Waals surface area contributed by atoms with Gasteiger partial charge in [-0.3, -0.25) is 19.3 Å². The van der Waals surface area contributed by atoms with E-state index in [0.29, 0.717) is 18.6 Å². The second-order valence-electron chi connectivity index (χ2n) is 9.48. The maximum atomic E-state index is 15.1. The highest BCUT2D eigenvalue weighted by molar-refractivity contribution is 5.96. The molecule has 6 rings (SSSR count). The molecule has 180 valence electrons. The molecule has 3 unspecified atom stereocenters. The Kier molecular flexibility index (Phi) is 4.79. The van der Waals surface area contributed by atoms with Crippen molar-refractivity contribution >= 4 is 5.91 Å². The molecule has 0 spiro atoms. The van der Waals surface area contributed by atoms with Gasteiger partial charge in [-0.25, -0.2) is 4.39 Å². The van der Waals surface area contributed by atoms with Crippen LogP contribution in [0.2, 0.25) is 0 Å². The highest BCUT2D eigenvalue weighted by Crippen LogP contribution is 2.57. The first-order chi connectivity index (χ1) is 16.9. The second kappa shape index (κ2) is 7.68. The van der Waals surface area contributed by atoms with Gasteiger partial charge in [-0.15, -0.1) is 0 Å². The number of rotatable bonds is 4. The fourth-order valence-electron chi connectivity index (χ4n) is 6.55. The molecule has 7 nitrogen and oxygen atoms in total. The average molecular weight is 476 g/mol. The third kappa shape index (κ3) is 2.74. The normalized spacial score (nSPS) is 24.3. The largest absolute Gasteiger partial charge is 0.502 e. The van der Waals surface area contributed by atoms with Crippen LogP contribution < -0.4 is 10.4 Å². The summed E-state index contributed by atoms with van der Waals surface area (Å²) in [7, 11) is 1.56. The lowest BCUT2D eigenvalue weighted by molar-refractivity contribution is 0.0433. The molecule has 0 fully saturated rings. The van der Waals surface area contributed by atoms with E-state index in [1.54, 1.807) is 28.9 Å². The van der Waals surface area contributed by atoms with Crippen LogP contribution in [0.25, 0.3) is 0 Å². The van der Waals surface area contributed by atoms with Gasteiger partial charge in [0.1, 0.15) is 17.5 Å². The van der Waals surface area contributed by atoms with Crippen molar-refractivity contribution in [2.45, 2.75) is 31.5 Å². The minimum atomic E-state index is -0.796. The number of methoxy groups -OCH3 is 1. The van der Waals surface area contributed by atoms with Gasteiger partial charge in [0.15, 0.2) is 11.4 Å². The number of halogens is 1. The molecule has 2 heterocycles. The van der Waals surface area contributed by atoms with Crippen LogP contribution in [-0.2, 0) is 23.1 Å². The van der Waals surface area contributed by atoms with E-state index in [1.807, 2.05) is 25.1 Å². The number of fused-ring (bicyclic) bond motifs is 6. The second-order valence-corrected chi connectivity index (χ2v) is 9.48. The Morgan fingerprint density at radius 1 is 1.09 bits per heavy atom. The van der Waals surface area contributed by atoms with Crippen LogP contribution in [-0.4, -0.2) is 47.0 Å². The molecule has 35 heavy (non-hydrogen) atoms. The van der Waals surface area contributed by atoms with Crippen LogP contribution in [0.5, 0.6) is 5.75 Å². The Morgan fingerprint density at radius 2 is 1.86 bits per heavy atom. The lowest BCUT2D eigenvalue weighted by Crippen LogP contribution is -2.68. The van der Waals surface area contributed by atoms with E-state index in [4.69, 9.17) is 4.74 Å². The van der Waals surface area contributed by atoms with Gasteiger partial charge >= 0.3 is 0 Å². The standard InChI is InChI=1S/C27H26FN3O4/c1-16-29(12-13-35-2)26(34)24-25(33)23(32)10-11-30(24)31(16)27-18(14-17-6-3-4-7-20(17)27)15-19-21(27)8-5-9-22(19)28/h3-11,16,18,33H,12-15H2,1-2H3. The lowest BCUT2D eigenvalue weighted by Gasteiger charge is -2.54. The summed E-state index contributed by atoms with van der Waals surface area (Å²) in [5, 5.41) is 12.8. The lowest BCUT2D eigenvalue weighted by atomic mass is 9.81. The Labute approximate surface area is 201 Å². The SMILES string of the molecule is COCCN1C(=O)c2c(O)c(=O)ccn2N(C23c4ccccc4CC2Cc2c(F)cccc23)C1C. The molecule has 1 N–H and O–H groups in total. The highest BCUT2D eigenvalue weighted by atomic mass is 19.1. The van der Waals surface area contributed by atoms with Gasteiger partial charge in [0.2, 0.25) is 5.43 Å². The number of hydrogen-bond acceptors (Lipinski definition) is 5. The number of nitrogens with zero attached hydrogens (tertiary/aromatic N) is 3.